The summed E-state index contributed by atoms with van der Waals surface area (Å²) in [6.45, 7) is 2.66. The highest BCUT2D eigenvalue weighted by atomic mass is 19.1. The Bertz CT molecular complexity index is 867. The molecule has 2 aliphatic rings. The van der Waals surface area contributed by atoms with Gasteiger partial charge in [-0.2, -0.15) is 0 Å². The zero-order valence-corrected chi connectivity index (χ0v) is 16.3. The summed E-state index contributed by atoms with van der Waals surface area (Å²) in [5.41, 5.74) is 1.72. The molecule has 2 saturated heterocycles. The van der Waals surface area contributed by atoms with E-state index in [4.69, 9.17) is 9.47 Å². The zero-order chi connectivity index (χ0) is 20.4. The lowest BCUT2D eigenvalue weighted by atomic mass is 9.80. The van der Waals surface area contributed by atoms with Gasteiger partial charge in [0.15, 0.2) is 5.78 Å². The first-order valence-corrected chi connectivity index (χ1v) is 9.90. The van der Waals surface area contributed by atoms with Crippen molar-refractivity contribution in [1.29, 1.82) is 0 Å². The van der Waals surface area contributed by atoms with Crippen molar-refractivity contribution in [1.82, 2.24) is 4.90 Å². The van der Waals surface area contributed by atoms with Crippen molar-refractivity contribution in [3.8, 4) is 0 Å². The molecule has 2 aromatic carbocycles. The fraction of sp³-hybridized carbons (Fsp3) is 0.391. The lowest BCUT2D eigenvalue weighted by Gasteiger charge is -2.47. The Kier molecular flexibility index (Phi) is 5.62. The van der Waals surface area contributed by atoms with Gasteiger partial charge in [0.2, 0.25) is 0 Å². The Hall–Kier alpha value is -2.73. The van der Waals surface area contributed by atoms with Crippen LogP contribution in [0, 0.1) is 18.7 Å². The SMILES string of the molecule is Cc1cccc(F)c1C(=O)C1CC2COCC(C1)N2C(=O)OCc1ccccc1. The molecule has 0 saturated carbocycles. The molecule has 2 aromatic rings. The molecular formula is C23H24FNO4. The number of ketones is 1. The van der Waals surface area contributed by atoms with Crippen LogP contribution in [0.25, 0.3) is 0 Å². The summed E-state index contributed by atoms with van der Waals surface area (Å²) in [5, 5.41) is 0. The van der Waals surface area contributed by atoms with Gasteiger partial charge in [0.25, 0.3) is 0 Å². The van der Waals surface area contributed by atoms with Gasteiger partial charge < -0.3 is 9.47 Å². The van der Waals surface area contributed by atoms with Crippen molar-refractivity contribution in [2.75, 3.05) is 13.2 Å². The third kappa shape index (κ3) is 4.03. The molecule has 2 atom stereocenters. The van der Waals surface area contributed by atoms with E-state index >= 15 is 0 Å². The van der Waals surface area contributed by atoms with E-state index in [0.717, 1.165) is 5.56 Å². The van der Waals surface area contributed by atoms with Gasteiger partial charge in [-0.25, -0.2) is 9.18 Å². The largest absolute Gasteiger partial charge is 0.445 e. The van der Waals surface area contributed by atoms with Crippen molar-refractivity contribution in [2.45, 2.75) is 38.5 Å². The fourth-order valence-electron chi connectivity index (χ4n) is 4.37. The molecule has 2 heterocycles. The van der Waals surface area contributed by atoms with Crippen LogP contribution in [0.4, 0.5) is 9.18 Å². The summed E-state index contributed by atoms with van der Waals surface area (Å²) in [6.07, 6.45) is 0.507. The number of aryl methyl sites for hydroxylation is 1. The number of rotatable bonds is 4. The molecule has 29 heavy (non-hydrogen) atoms. The standard InChI is InChI=1S/C23H24FNO4/c1-15-6-5-9-20(24)21(15)22(26)17-10-18-13-28-14-19(11-17)25(18)23(27)29-12-16-7-3-2-4-8-16/h2-9,17-19H,10-14H2,1H3. The molecule has 5 nitrogen and oxygen atoms in total. The maximum absolute atomic E-state index is 14.3. The number of nitrogens with zero attached hydrogens (tertiary/aromatic N) is 1. The van der Waals surface area contributed by atoms with E-state index in [9.17, 15) is 14.0 Å². The minimum Gasteiger partial charge on any atom is -0.445 e. The van der Waals surface area contributed by atoms with Gasteiger partial charge in [-0.3, -0.25) is 9.69 Å². The molecule has 0 spiro atoms. The second-order valence-corrected chi connectivity index (χ2v) is 7.76. The number of fused-ring (bicyclic) bond motifs is 2. The summed E-state index contributed by atoms with van der Waals surface area (Å²) in [4.78, 5) is 27.5. The Balaban J connectivity index is 1.46. The van der Waals surface area contributed by atoms with Crippen LogP contribution >= 0.6 is 0 Å². The van der Waals surface area contributed by atoms with Gasteiger partial charge in [0.1, 0.15) is 12.4 Å². The van der Waals surface area contributed by atoms with Gasteiger partial charge in [-0.1, -0.05) is 42.5 Å². The highest BCUT2D eigenvalue weighted by molar-refractivity contribution is 5.99. The van der Waals surface area contributed by atoms with E-state index in [2.05, 4.69) is 0 Å². The Morgan fingerprint density at radius 3 is 2.41 bits per heavy atom. The van der Waals surface area contributed by atoms with Crippen LogP contribution in [0.5, 0.6) is 0 Å². The predicted molar refractivity (Wildman–Crippen MR) is 105 cm³/mol. The van der Waals surface area contributed by atoms with Crippen molar-refractivity contribution < 1.29 is 23.5 Å². The highest BCUT2D eigenvalue weighted by Crippen LogP contribution is 2.35. The first-order valence-electron chi connectivity index (χ1n) is 9.90. The van der Waals surface area contributed by atoms with Crippen molar-refractivity contribution >= 4 is 11.9 Å². The molecule has 4 rings (SSSR count). The van der Waals surface area contributed by atoms with E-state index in [1.54, 1.807) is 24.0 Å². The van der Waals surface area contributed by atoms with E-state index in [1.165, 1.54) is 6.07 Å². The third-order valence-corrected chi connectivity index (χ3v) is 5.78. The summed E-state index contributed by atoms with van der Waals surface area (Å²) in [6, 6.07) is 13.7. The van der Waals surface area contributed by atoms with Gasteiger partial charge in [-0.15, -0.1) is 0 Å². The highest BCUT2D eigenvalue weighted by Gasteiger charge is 2.45. The van der Waals surface area contributed by atoms with Crippen molar-refractivity contribution in [2.24, 2.45) is 5.92 Å². The molecule has 0 aromatic heterocycles. The Morgan fingerprint density at radius 1 is 1.07 bits per heavy atom. The van der Waals surface area contributed by atoms with Crippen molar-refractivity contribution in [3.63, 3.8) is 0 Å². The number of halogens is 1. The number of amides is 1. The van der Waals surface area contributed by atoms with Crippen LogP contribution in [0.15, 0.2) is 48.5 Å². The topological polar surface area (TPSA) is 55.8 Å². The van der Waals surface area contributed by atoms with Gasteiger partial charge >= 0.3 is 6.09 Å². The molecule has 2 bridgehead atoms. The second-order valence-electron chi connectivity index (χ2n) is 7.76. The van der Waals surface area contributed by atoms with E-state index < -0.39 is 5.82 Å². The maximum atomic E-state index is 14.3. The first-order chi connectivity index (χ1) is 14.0. The van der Waals surface area contributed by atoms with Crippen LogP contribution in [0.1, 0.15) is 34.3 Å². The second kappa shape index (κ2) is 8.33. The average molecular weight is 397 g/mol. The molecule has 2 unspecified atom stereocenters. The van der Waals surface area contributed by atoms with Gasteiger partial charge in [0.05, 0.1) is 30.9 Å². The number of hydrogen-bond donors (Lipinski definition) is 0. The number of Topliss-reactive ketones (excluding diaryl/α,β-unsaturated/α-hetero) is 1. The summed E-state index contributed by atoms with van der Waals surface area (Å²) in [5.74, 6) is -1.00. The Labute approximate surface area is 169 Å². The minimum absolute atomic E-state index is 0.164. The first kappa shape index (κ1) is 19.6. The smallest absolute Gasteiger partial charge is 0.410 e. The number of benzene rings is 2. The number of carbonyl (C=O) groups excluding carboxylic acids is 2. The molecule has 0 aliphatic carbocycles. The lowest BCUT2D eigenvalue weighted by molar-refractivity contribution is -0.0755. The summed E-state index contributed by atoms with van der Waals surface area (Å²) < 4.78 is 25.4. The molecule has 1 amide bonds. The van der Waals surface area contributed by atoms with Gasteiger partial charge in [-0.05, 0) is 37.0 Å². The van der Waals surface area contributed by atoms with E-state index in [1.807, 2.05) is 30.3 Å². The number of morpholine rings is 1. The zero-order valence-electron chi connectivity index (χ0n) is 16.3. The number of hydrogen-bond acceptors (Lipinski definition) is 4. The molecule has 152 valence electrons. The monoisotopic (exact) mass is 397 g/mol. The van der Waals surface area contributed by atoms with E-state index in [-0.39, 0.29) is 42.0 Å². The molecular weight excluding hydrogens is 373 g/mol. The van der Waals surface area contributed by atoms with E-state index in [0.29, 0.717) is 31.6 Å². The molecule has 2 fully saturated rings. The van der Waals surface area contributed by atoms with Gasteiger partial charge in [0, 0.05) is 5.92 Å². The van der Waals surface area contributed by atoms with Crippen LogP contribution in [0.3, 0.4) is 0 Å². The number of ether oxygens (including phenoxy) is 2. The minimum atomic E-state index is -0.485. The maximum Gasteiger partial charge on any atom is 0.410 e. The van der Waals surface area contributed by atoms with Crippen molar-refractivity contribution in [3.05, 3.63) is 71.0 Å². The molecule has 0 radical (unpaired) electrons. The molecule has 0 N–H and O–H groups in total. The third-order valence-electron chi connectivity index (χ3n) is 5.78. The lowest BCUT2D eigenvalue weighted by Crippen LogP contribution is -2.60. The quantitative estimate of drug-likeness (QED) is 0.728. The van der Waals surface area contributed by atoms with Crippen LogP contribution in [-0.4, -0.2) is 42.1 Å². The summed E-state index contributed by atoms with van der Waals surface area (Å²) >= 11 is 0. The average Bonchev–Trinajstić information content (AvgIpc) is 2.71. The molecule has 2 aliphatic heterocycles. The molecule has 6 heteroatoms. The number of piperidine rings is 1. The van der Waals surface area contributed by atoms with Crippen LogP contribution < -0.4 is 0 Å². The summed E-state index contributed by atoms with van der Waals surface area (Å²) in [7, 11) is 0. The predicted octanol–water partition coefficient (Wildman–Crippen LogP) is 4.13. The fourth-order valence-corrected chi connectivity index (χ4v) is 4.37. The Morgan fingerprint density at radius 2 is 1.76 bits per heavy atom. The number of carbonyl (C=O) groups is 2. The van der Waals surface area contributed by atoms with Crippen LogP contribution in [0.2, 0.25) is 0 Å². The van der Waals surface area contributed by atoms with Crippen LogP contribution in [-0.2, 0) is 16.1 Å². The normalized spacial score (nSPS) is 23.5.